The summed E-state index contributed by atoms with van der Waals surface area (Å²) in [5, 5.41) is 3.68. The maximum absolute atomic E-state index is 12.2. The first-order valence-electron chi connectivity index (χ1n) is 6.14. The molecule has 100 valence electrons. The summed E-state index contributed by atoms with van der Waals surface area (Å²) in [6.45, 7) is 0. The zero-order valence-corrected chi connectivity index (χ0v) is 12.4. The van der Waals surface area contributed by atoms with E-state index in [9.17, 15) is 9.59 Å². The van der Waals surface area contributed by atoms with E-state index >= 15 is 0 Å². The molecule has 0 aromatic heterocycles. The van der Waals surface area contributed by atoms with E-state index in [1.807, 2.05) is 6.07 Å². The number of hydrogen-bond donors (Lipinski definition) is 1. The van der Waals surface area contributed by atoms with Crippen LogP contribution in [0.4, 0.5) is 5.69 Å². The zero-order valence-electron chi connectivity index (χ0n) is 10.0. The second-order valence-corrected chi connectivity index (χ2v) is 6.15. The van der Waals surface area contributed by atoms with Crippen molar-refractivity contribution < 1.29 is 9.59 Å². The van der Waals surface area contributed by atoms with Crippen molar-refractivity contribution in [2.75, 3.05) is 5.32 Å². The minimum atomic E-state index is -0.483. The van der Waals surface area contributed by atoms with Crippen LogP contribution in [0.25, 0.3) is 0 Å². The van der Waals surface area contributed by atoms with E-state index in [2.05, 4.69) is 21.2 Å². The molecule has 6 heteroatoms. The number of nitrogens with zero attached hydrogens (tertiary/aromatic N) is 1. The van der Waals surface area contributed by atoms with Crippen molar-refractivity contribution in [3.63, 3.8) is 0 Å². The Morgan fingerprint density at radius 2 is 2.05 bits per heavy atom. The Balaban J connectivity index is 1.78. The van der Waals surface area contributed by atoms with Crippen LogP contribution in [0, 0.1) is 0 Å². The minimum Gasteiger partial charge on any atom is -0.372 e. The van der Waals surface area contributed by atoms with Crippen LogP contribution in [0.3, 0.4) is 0 Å². The fourth-order valence-corrected chi connectivity index (χ4v) is 2.81. The van der Waals surface area contributed by atoms with E-state index < -0.39 is 6.04 Å². The van der Waals surface area contributed by atoms with Gasteiger partial charge in [0, 0.05) is 15.5 Å². The smallest absolute Gasteiger partial charge is 0.252 e. The van der Waals surface area contributed by atoms with Gasteiger partial charge in [-0.1, -0.05) is 11.6 Å². The van der Waals surface area contributed by atoms with E-state index in [4.69, 9.17) is 11.6 Å². The van der Waals surface area contributed by atoms with Gasteiger partial charge in [-0.05, 0) is 47.0 Å². The lowest BCUT2D eigenvalue weighted by molar-refractivity contribution is -0.139. The quantitative estimate of drug-likeness (QED) is 0.859. The molecule has 1 unspecified atom stereocenters. The van der Waals surface area contributed by atoms with Crippen molar-refractivity contribution in [1.29, 1.82) is 0 Å². The molecular formula is C13H12BrClN2O2. The van der Waals surface area contributed by atoms with Crippen LogP contribution in [0.2, 0.25) is 5.02 Å². The summed E-state index contributed by atoms with van der Waals surface area (Å²) < 4.78 is 0.821. The third kappa shape index (κ3) is 2.49. The summed E-state index contributed by atoms with van der Waals surface area (Å²) in [6.07, 6.45) is 2.09. The summed E-state index contributed by atoms with van der Waals surface area (Å²) in [4.78, 5) is 25.5. The highest BCUT2D eigenvalue weighted by Crippen LogP contribution is 2.33. The number of nitrogens with one attached hydrogen (secondary N) is 1. The molecule has 0 spiro atoms. The Morgan fingerprint density at radius 1 is 1.32 bits per heavy atom. The number of imide groups is 1. The number of hydrogen-bond acceptors (Lipinski definition) is 3. The largest absolute Gasteiger partial charge is 0.372 e. The van der Waals surface area contributed by atoms with Gasteiger partial charge in [0.25, 0.3) is 5.91 Å². The molecular weight excluding hydrogens is 332 g/mol. The maximum atomic E-state index is 12.2. The third-order valence-electron chi connectivity index (χ3n) is 3.35. The Bertz CT molecular complexity index is 560. The first kappa shape index (κ1) is 12.9. The second-order valence-electron chi connectivity index (χ2n) is 4.86. The molecule has 2 aliphatic rings. The molecule has 1 saturated carbocycles. The van der Waals surface area contributed by atoms with Gasteiger partial charge in [0.2, 0.25) is 5.91 Å². The molecule has 1 aliphatic carbocycles. The third-order valence-corrected chi connectivity index (χ3v) is 4.28. The van der Waals surface area contributed by atoms with E-state index in [1.165, 1.54) is 4.90 Å². The monoisotopic (exact) mass is 342 g/mol. The number of anilines is 1. The molecule has 1 aromatic carbocycles. The second kappa shape index (κ2) is 4.80. The van der Waals surface area contributed by atoms with Crippen molar-refractivity contribution in [3.05, 3.63) is 27.7 Å². The lowest BCUT2D eigenvalue weighted by Crippen LogP contribution is -2.36. The predicted molar refractivity (Wildman–Crippen MR) is 76.1 cm³/mol. The van der Waals surface area contributed by atoms with Crippen LogP contribution in [-0.4, -0.2) is 28.8 Å². The van der Waals surface area contributed by atoms with E-state index in [1.54, 1.807) is 12.1 Å². The molecule has 0 bridgehead atoms. The van der Waals surface area contributed by atoms with Crippen molar-refractivity contribution >= 4 is 45.0 Å². The average Bonchev–Trinajstić information content (AvgIpc) is 3.13. The molecule has 1 aromatic rings. The molecule has 1 N–H and O–H groups in total. The van der Waals surface area contributed by atoms with Gasteiger partial charge in [-0.25, -0.2) is 0 Å². The normalized spacial score (nSPS) is 23.1. The van der Waals surface area contributed by atoms with Gasteiger partial charge in [0.05, 0.1) is 12.1 Å². The Morgan fingerprint density at radius 3 is 2.74 bits per heavy atom. The van der Waals surface area contributed by atoms with Crippen LogP contribution in [0.15, 0.2) is 22.7 Å². The number of likely N-dealkylation sites (tertiary alicyclic amines) is 1. The highest BCUT2D eigenvalue weighted by Gasteiger charge is 2.46. The first-order valence-corrected chi connectivity index (χ1v) is 7.31. The van der Waals surface area contributed by atoms with E-state index in [0.29, 0.717) is 5.02 Å². The van der Waals surface area contributed by atoms with Crippen molar-refractivity contribution in [2.45, 2.75) is 31.3 Å². The van der Waals surface area contributed by atoms with Crippen molar-refractivity contribution in [1.82, 2.24) is 4.90 Å². The zero-order chi connectivity index (χ0) is 13.6. The minimum absolute atomic E-state index is 0.0804. The number of rotatable bonds is 3. The first-order chi connectivity index (χ1) is 9.06. The summed E-state index contributed by atoms with van der Waals surface area (Å²) in [7, 11) is 0. The van der Waals surface area contributed by atoms with Gasteiger partial charge in [-0.15, -0.1) is 0 Å². The molecule has 1 atom stereocenters. The maximum Gasteiger partial charge on any atom is 0.252 e. The average molecular weight is 344 g/mol. The summed E-state index contributed by atoms with van der Waals surface area (Å²) in [6, 6.07) is 4.96. The van der Waals surface area contributed by atoms with Crippen LogP contribution >= 0.6 is 27.5 Å². The highest BCUT2D eigenvalue weighted by molar-refractivity contribution is 9.10. The van der Waals surface area contributed by atoms with Crippen LogP contribution in [-0.2, 0) is 9.59 Å². The van der Waals surface area contributed by atoms with Crippen LogP contribution < -0.4 is 5.32 Å². The SMILES string of the molecule is O=C1CC(Nc2cc(Cl)ccc2Br)C(=O)N1C1CC1. The van der Waals surface area contributed by atoms with Gasteiger partial charge in [-0.2, -0.15) is 0 Å². The molecule has 1 aliphatic heterocycles. The summed E-state index contributed by atoms with van der Waals surface area (Å²) >= 11 is 9.33. The number of carbonyl (C=O) groups is 2. The number of amides is 2. The standard InChI is InChI=1S/C13H12BrClN2O2/c14-9-4-1-7(15)5-10(9)16-11-6-12(18)17(13(11)19)8-2-3-8/h1,4-5,8,11,16H,2-3,6H2. The molecule has 0 radical (unpaired) electrons. The van der Waals surface area contributed by atoms with Crippen molar-refractivity contribution in [2.24, 2.45) is 0 Å². The fourth-order valence-electron chi connectivity index (χ4n) is 2.28. The van der Waals surface area contributed by atoms with Gasteiger partial charge < -0.3 is 5.32 Å². The lowest BCUT2D eigenvalue weighted by Gasteiger charge is -2.16. The van der Waals surface area contributed by atoms with E-state index in [0.717, 1.165) is 23.0 Å². The summed E-state index contributed by atoms with van der Waals surface area (Å²) in [5.41, 5.74) is 0.733. The van der Waals surface area contributed by atoms with Crippen molar-refractivity contribution in [3.8, 4) is 0 Å². The number of benzene rings is 1. The molecule has 3 rings (SSSR count). The van der Waals surface area contributed by atoms with Crippen LogP contribution in [0.1, 0.15) is 19.3 Å². The predicted octanol–water partition coefficient (Wildman–Crippen LogP) is 2.80. The molecule has 4 nitrogen and oxygen atoms in total. The van der Waals surface area contributed by atoms with Gasteiger partial charge in [0.1, 0.15) is 6.04 Å². The molecule has 19 heavy (non-hydrogen) atoms. The number of halogens is 2. The molecule has 1 saturated heterocycles. The Kier molecular flexibility index (Phi) is 3.27. The van der Waals surface area contributed by atoms with Gasteiger partial charge >= 0.3 is 0 Å². The van der Waals surface area contributed by atoms with Gasteiger partial charge in [0.15, 0.2) is 0 Å². The van der Waals surface area contributed by atoms with E-state index in [-0.39, 0.29) is 24.3 Å². The van der Waals surface area contributed by atoms with Crippen LogP contribution in [0.5, 0.6) is 0 Å². The fraction of sp³-hybridized carbons (Fsp3) is 0.385. The molecule has 2 amide bonds. The molecule has 2 fully saturated rings. The highest BCUT2D eigenvalue weighted by atomic mass is 79.9. The topological polar surface area (TPSA) is 49.4 Å². The number of carbonyl (C=O) groups excluding carboxylic acids is 2. The molecule has 1 heterocycles. The Labute approximate surface area is 124 Å². The van der Waals surface area contributed by atoms with Gasteiger partial charge in [-0.3, -0.25) is 14.5 Å². The Hall–Kier alpha value is -1.07. The lowest BCUT2D eigenvalue weighted by atomic mass is 10.2. The summed E-state index contributed by atoms with van der Waals surface area (Å²) in [5.74, 6) is -0.206.